The molecular formula is C11H9NO4S. The van der Waals surface area contributed by atoms with Crippen LogP contribution in [0.5, 0.6) is 5.88 Å². The zero-order valence-electron chi connectivity index (χ0n) is 8.89. The molecule has 0 aliphatic carbocycles. The van der Waals surface area contributed by atoms with Crippen molar-refractivity contribution in [3.8, 4) is 5.88 Å². The van der Waals surface area contributed by atoms with E-state index in [-0.39, 0.29) is 11.3 Å². The number of ether oxygens (including phenoxy) is 1. The molecule has 0 unspecified atom stereocenters. The maximum Gasteiger partial charge on any atom is 0.512 e. The molecule has 88 valence electrons. The normalized spacial score (nSPS) is 10.4. The van der Waals surface area contributed by atoms with Gasteiger partial charge in [-0.15, -0.1) is 11.8 Å². The first-order valence-corrected chi connectivity index (χ1v) is 5.94. The molecule has 0 radical (unpaired) electrons. The van der Waals surface area contributed by atoms with Crippen LogP contribution in [-0.2, 0) is 0 Å². The zero-order chi connectivity index (χ0) is 12.4. The van der Waals surface area contributed by atoms with Crippen molar-refractivity contribution in [1.82, 2.24) is 4.98 Å². The molecule has 0 bridgehead atoms. The Morgan fingerprint density at radius 3 is 2.82 bits per heavy atom. The smallest absolute Gasteiger partial charge is 0.449 e. The molecule has 1 aromatic carbocycles. The molecule has 0 atom stereocenters. The van der Waals surface area contributed by atoms with E-state index in [2.05, 4.69) is 9.72 Å². The summed E-state index contributed by atoms with van der Waals surface area (Å²) >= 11 is 1.53. The number of aromatic nitrogens is 1. The van der Waals surface area contributed by atoms with Crippen LogP contribution in [0.2, 0.25) is 0 Å². The summed E-state index contributed by atoms with van der Waals surface area (Å²) < 4.78 is 4.42. The van der Waals surface area contributed by atoms with Crippen LogP contribution >= 0.6 is 11.8 Å². The summed E-state index contributed by atoms with van der Waals surface area (Å²) in [4.78, 5) is 25.8. The van der Waals surface area contributed by atoms with E-state index in [4.69, 9.17) is 5.11 Å². The van der Waals surface area contributed by atoms with Gasteiger partial charge in [-0.2, -0.15) is 0 Å². The molecule has 2 N–H and O–H groups in total. The minimum atomic E-state index is -1.46. The van der Waals surface area contributed by atoms with Gasteiger partial charge in [0.2, 0.25) is 5.88 Å². The highest BCUT2D eigenvalue weighted by atomic mass is 32.2. The van der Waals surface area contributed by atoms with Gasteiger partial charge >= 0.3 is 6.16 Å². The lowest BCUT2D eigenvalue weighted by atomic mass is 10.2. The fourth-order valence-electron chi connectivity index (χ4n) is 1.48. The second kappa shape index (κ2) is 4.50. The lowest BCUT2D eigenvalue weighted by Crippen LogP contribution is -2.09. The minimum Gasteiger partial charge on any atom is -0.449 e. The number of fused-ring (bicyclic) bond motifs is 1. The van der Waals surface area contributed by atoms with E-state index in [1.54, 1.807) is 12.1 Å². The van der Waals surface area contributed by atoms with Gasteiger partial charge in [0.05, 0.1) is 5.52 Å². The molecule has 6 heteroatoms. The average Bonchev–Trinajstić information content (AvgIpc) is 2.28. The Balaban J connectivity index is 2.59. The second-order valence-corrected chi connectivity index (χ2v) is 4.16. The largest absolute Gasteiger partial charge is 0.512 e. The summed E-state index contributed by atoms with van der Waals surface area (Å²) in [5.74, 6) is -0.0769. The second-order valence-electron chi connectivity index (χ2n) is 3.28. The van der Waals surface area contributed by atoms with Crippen LogP contribution < -0.4 is 10.2 Å². The van der Waals surface area contributed by atoms with E-state index < -0.39 is 6.16 Å². The molecule has 2 aromatic rings. The van der Waals surface area contributed by atoms with Gasteiger partial charge in [-0.1, -0.05) is 0 Å². The lowest BCUT2D eigenvalue weighted by molar-refractivity contribution is 0.142. The highest BCUT2D eigenvalue weighted by molar-refractivity contribution is 7.98. The van der Waals surface area contributed by atoms with Gasteiger partial charge in [-0.05, 0) is 24.5 Å². The number of hydrogen-bond acceptors (Lipinski definition) is 4. The van der Waals surface area contributed by atoms with Crippen molar-refractivity contribution in [3.63, 3.8) is 0 Å². The summed E-state index contributed by atoms with van der Waals surface area (Å²) in [5, 5.41) is 8.97. The van der Waals surface area contributed by atoms with Crippen molar-refractivity contribution in [1.29, 1.82) is 0 Å². The first-order valence-electron chi connectivity index (χ1n) is 4.72. The molecule has 0 amide bonds. The van der Waals surface area contributed by atoms with Crippen LogP contribution in [0, 0.1) is 0 Å². The fraction of sp³-hybridized carbons (Fsp3) is 0.0909. The summed E-state index contributed by atoms with van der Waals surface area (Å²) in [6.45, 7) is 0. The number of thioether (sulfide) groups is 1. The van der Waals surface area contributed by atoms with Crippen LogP contribution in [0.3, 0.4) is 0 Å². The third-order valence-corrected chi connectivity index (χ3v) is 2.93. The maximum atomic E-state index is 11.7. The number of aromatic amines is 1. The van der Waals surface area contributed by atoms with Crippen LogP contribution in [0.4, 0.5) is 4.79 Å². The molecule has 0 aliphatic heterocycles. The number of benzene rings is 1. The first kappa shape index (κ1) is 11.5. The third kappa shape index (κ3) is 2.42. The van der Waals surface area contributed by atoms with Gasteiger partial charge in [0.25, 0.3) is 0 Å². The Bertz CT molecular complexity index is 635. The average molecular weight is 251 g/mol. The molecule has 0 spiro atoms. The number of nitrogens with one attached hydrogen (secondary N) is 1. The van der Waals surface area contributed by atoms with E-state index in [1.807, 2.05) is 12.3 Å². The topological polar surface area (TPSA) is 79.4 Å². The van der Waals surface area contributed by atoms with E-state index in [0.29, 0.717) is 10.9 Å². The predicted octanol–water partition coefficient (Wildman–Crippen LogP) is 2.31. The van der Waals surface area contributed by atoms with Gasteiger partial charge in [-0.3, -0.25) is 4.79 Å². The number of H-pyrrole nitrogens is 1. The van der Waals surface area contributed by atoms with Crippen LogP contribution in [0.1, 0.15) is 0 Å². The Kier molecular flexibility index (Phi) is 3.06. The van der Waals surface area contributed by atoms with Crippen molar-refractivity contribution >= 4 is 28.8 Å². The quantitative estimate of drug-likeness (QED) is 0.632. The number of rotatable bonds is 2. The predicted molar refractivity (Wildman–Crippen MR) is 65.0 cm³/mol. The first-order chi connectivity index (χ1) is 8.10. The van der Waals surface area contributed by atoms with E-state index >= 15 is 0 Å². The van der Waals surface area contributed by atoms with Gasteiger partial charge in [-0.25, -0.2) is 4.79 Å². The zero-order valence-corrected chi connectivity index (χ0v) is 9.71. The van der Waals surface area contributed by atoms with Gasteiger partial charge < -0.3 is 14.8 Å². The van der Waals surface area contributed by atoms with Crippen LogP contribution in [-0.4, -0.2) is 22.5 Å². The van der Waals surface area contributed by atoms with Gasteiger partial charge in [0, 0.05) is 16.3 Å². The molecule has 0 fully saturated rings. The van der Waals surface area contributed by atoms with Crippen molar-refractivity contribution < 1.29 is 14.6 Å². The fourth-order valence-corrected chi connectivity index (χ4v) is 1.92. The third-order valence-electron chi connectivity index (χ3n) is 2.21. The molecule has 1 aromatic heterocycles. The molecule has 1 heterocycles. The molecule has 0 saturated heterocycles. The number of pyridine rings is 1. The Morgan fingerprint density at radius 2 is 2.18 bits per heavy atom. The monoisotopic (exact) mass is 251 g/mol. The number of carboxylic acid groups (broad SMARTS) is 1. The molecular weight excluding hydrogens is 242 g/mol. The number of carbonyl (C=O) groups is 1. The highest BCUT2D eigenvalue weighted by Gasteiger charge is 2.06. The van der Waals surface area contributed by atoms with Crippen LogP contribution in [0.25, 0.3) is 10.9 Å². The van der Waals surface area contributed by atoms with Crippen molar-refractivity contribution in [2.45, 2.75) is 4.90 Å². The lowest BCUT2D eigenvalue weighted by Gasteiger charge is -2.03. The van der Waals surface area contributed by atoms with E-state index in [0.717, 1.165) is 11.0 Å². The van der Waals surface area contributed by atoms with Crippen LogP contribution in [0.15, 0.2) is 34.0 Å². The van der Waals surface area contributed by atoms with E-state index in [1.165, 1.54) is 11.8 Å². The summed E-state index contributed by atoms with van der Waals surface area (Å²) in [6.07, 6.45) is 0.456. The van der Waals surface area contributed by atoms with E-state index in [9.17, 15) is 9.59 Å². The molecule has 5 nitrogen and oxygen atoms in total. The maximum absolute atomic E-state index is 11.7. The van der Waals surface area contributed by atoms with Gasteiger partial charge in [0.1, 0.15) is 0 Å². The Morgan fingerprint density at radius 1 is 1.41 bits per heavy atom. The number of hydrogen-bond donors (Lipinski definition) is 2. The van der Waals surface area contributed by atoms with Crippen molar-refractivity contribution in [2.24, 2.45) is 0 Å². The standard InChI is InChI=1S/C11H9NO4S/c1-17-6-2-3-8-7(4-6)9(13)5-10(12-8)16-11(14)15/h2-5H,1H3,(H,12,13)(H,14,15). The molecule has 17 heavy (non-hydrogen) atoms. The van der Waals surface area contributed by atoms with Crippen molar-refractivity contribution in [3.05, 3.63) is 34.5 Å². The highest BCUT2D eigenvalue weighted by Crippen LogP contribution is 2.20. The van der Waals surface area contributed by atoms with Gasteiger partial charge in [0.15, 0.2) is 5.43 Å². The summed E-state index contributed by atoms with van der Waals surface area (Å²) in [7, 11) is 0. The van der Waals surface area contributed by atoms with Crippen molar-refractivity contribution in [2.75, 3.05) is 6.26 Å². The molecule has 0 saturated carbocycles. The molecule has 2 rings (SSSR count). The Hall–Kier alpha value is -1.95. The molecule has 0 aliphatic rings. The summed E-state index contributed by atoms with van der Waals surface area (Å²) in [6, 6.07) is 6.44. The minimum absolute atomic E-state index is 0.0769. The summed E-state index contributed by atoms with van der Waals surface area (Å²) in [5.41, 5.74) is 0.275. The SMILES string of the molecule is CSc1ccc2[nH]c(OC(=O)O)cc(=O)c2c1. The Labute approximate surface area is 100 Å².